The third kappa shape index (κ3) is 5.47. The molecule has 0 aliphatic carbocycles. The Morgan fingerprint density at radius 3 is 2.08 bits per heavy atom. The fourth-order valence-electron chi connectivity index (χ4n) is 1.77. The average molecular weight is 374 g/mol. The van der Waals surface area contributed by atoms with Crippen LogP contribution in [0.3, 0.4) is 0 Å². The minimum atomic E-state index is -4.87. The maximum Gasteiger partial charge on any atom is 0.573 e. The van der Waals surface area contributed by atoms with Gasteiger partial charge in [0.05, 0.1) is 4.90 Å². The van der Waals surface area contributed by atoms with Crippen LogP contribution in [-0.2, 0) is 10.0 Å². The first-order valence-electron chi connectivity index (χ1n) is 6.81. The molecule has 2 rings (SSSR count). The molecule has 0 saturated heterocycles. The maximum atomic E-state index is 12.1. The first-order chi connectivity index (χ1) is 11.6. The summed E-state index contributed by atoms with van der Waals surface area (Å²) in [5, 5.41) is 0. The Balaban J connectivity index is 2.03. The zero-order valence-electron chi connectivity index (χ0n) is 12.8. The van der Waals surface area contributed by atoms with E-state index in [1.165, 1.54) is 12.1 Å². The van der Waals surface area contributed by atoms with Crippen molar-refractivity contribution in [3.63, 3.8) is 0 Å². The van der Waals surface area contributed by atoms with Crippen LogP contribution < -0.4 is 15.0 Å². The predicted molar refractivity (Wildman–Crippen MR) is 82.1 cm³/mol. The summed E-state index contributed by atoms with van der Waals surface area (Å²) in [5.74, 6) is -1.24. The van der Waals surface area contributed by atoms with Crippen molar-refractivity contribution in [3.05, 3.63) is 59.7 Å². The van der Waals surface area contributed by atoms with Crippen molar-refractivity contribution in [3.8, 4) is 5.75 Å². The number of benzene rings is 2. The molecule has 0 atom stereocenters. The van der Waals surface area contributed by atoms with Crippen LogP contribution in [0.4, 0.5) is 13.2 Å². The molecule has 0 bridgehead atoms. The van der Waals surface area contributed by atoms with Gasteiger partial charge in [0, 0.05) is 5.56 Å². The van der Waals surface area contributed by atoms with Gasteiger partial charge in [0.2, 0.25) is 0 Å². The lowest BCUT2D eigenvalue weighted by molar-refractivity contribution is -0.274. The zero-order valence-corrected chi connectivity index (χ0v) is 13.6. The van der Waals surface area contributed by atoms with Crippen LogP contribution in [0.2, 0.25) is 0 Å². The second-order valence-electron chi connectivity index (χ2n) is 4.94. The number of sulfonamides is 1. The fraction of sp³-hybridized carbons (Fsp3) is 0.133. The number of hydrogen-bond donors (Lipinski definition) is 2. The number of amides is 1. The number of halogens is 3. The maximum absolute atomic E-state index is 12.1. The van der Waals surface area contributed by atoms with Crippen LogP contribution in [0.25, 0.3) is 0 Å². The number of nitrogens with one attached hydrogen (secondary N) is 2. The summed E-state index contributed by atoms with van der Waals surface area (Å²) >= 11 is 0. The minimum absolute atomic E-state index is 0.238. The molecule has 0 unspecified atom stereocenters. The molecule has 25 heavy (non-hydrogen) atoms. The summed E-state index contributed by atoms with van der Waals surface area (Å²) < 4.78 is 63.9. The lowest BCUT2D eigenvalue weighted by Gasteiger charge is -2.11. The van der Waals surface area contributed by atoms with Crippen LogP contribution >= 0.6 is 0 Å². The molecule has 2 N–H and O–H groups in total. The molecule has 0 radical (unpaired) electrons. The number of ether oxygens (including phenoxy) is 1. The van der Waals surface area contributed by atoms with E-state index in [4.69, 9.17) is 0 Å². The summed E-state index contributed by atoms with van der Waals surface area (Å²) in [6.45, 7) is 1.83. The van der Waals surface area contributed by atoms with Gasteiger partial charge in [-0.1, -0.05) is 17.7 Å². The van der Waals surface area contributed by atoms with Crippen LogP contribution in [0.5, 0.6) is 5.75 Å². The Kier molecular flexibility index (Phi) is 5.33. The lowest BCUT2D eigenvalue weighted by atomic mass is 10.1. The number of hydrogen-bond acceptors (Lipinski definition) is 4. The number of alkyl halides is 3. The Bertz CT molecular complexity index is 848. The lowest BCUT2D eigenvalue weighted by Crippen LogP contribution is -2.41. The molecule has 2 aromatic carbocycles. The SMILES string of the molecule is Cc1ccc(C(=O)NNS(=O)(=O)c2ccc(OC(F)(F)F)cc2)cc1. The largest absolute Gasteiger partial charge is 0.573 e. The van der Waals surface area contributed by atoms with Crippen molar-refractivity contribution in [2.45, 2.75) is 18.2 Å². The van der Waals surface area contributed by atoms with Crippen LogP contribution in [0.1, 0.15) is 15.9 Å². The van der Waals surface area contributed by atoms with Gasteiger partial charge in [-0.25, -0.2) is 8.42 Å². The highest BCUT2D eigenvalue weighted by Crippen LogP contribution is 2.23. The molecule has 2 aromatic rings. The normalized spacial score (nSPS) is 11.8. The Morgan fingerprint density at radius 2 is 1.56 bits per heavy atom. The molecule has 1 amide bonds. The van der Waals surface area contributed by atoms with Crippen molar-refractivity contribution >= 4 is 15.9 Å². The molecular formula is C15H13F3N2O4S. The van der Waals surface area contributed by atoms with Crippen molar-refractivity contribution in [1.82, 2.24) is 10.3 Å². The number of rotatable bonds is 5. The highest BCUT2D eigenvalue weighted by Gasteiger charge is 2.31. The van der Waals surface area contributed by atoms with Crippen molar-refractivity contribution < 1.29 is 31.1 Å². The third-order valence-corrected chi connectivity index (χ3v) is 4.24. The van der Waals surface area contributed by atoms with Crippen molar-refractivity contribution in [2.24, 2.45) is 0 Å². The summed E-state index contributed by atoms with van der Waals surface area (Å²) in [7, 11) is -4.15. The number of aryl methyl sites for hydroxylation is 1. The third-order valence-electron chi connectivity index (χ3n) is 2.98. The molecule has 0 spiro atoms. The molecule has 0 heterocycles. The average Bonchev–Trinajstić information content (AvgIpc) is 2.52. The number of hydrazine groups is 1. The molecule has 134 valence electrons. The highest BCUT2D eigenvalue weighted by atomic mass is 32.2. The predicted octanol–water partition coefficient (Wildman–Crippen LogP) is 2.52. The first-order valence-corrected chi connectivity index (χ1v) is 8.30. The fourth-order valence-corrected chi connectivity index (χ4v) is 2.61. The van der Waals surface area contributed by atoms with Gasteiger partial charge in [0.25, 0.3) is 15.9 Å². The second-order valence-corrected chi connectivity index (χ2v) is 6.63. The smallest absolute Gasteiger partial charge is 0.406 e. The van der Waals surface area contributed by atoms with E-state index < -0.39 is 28.0 Å². The molecule has 0 saturated carbocycles. The summed E-state index contributed by atoms with van der Waals surface area (Å²) in [6, 6.07) is 9.94. The van der Waals surface area contributed by atoms with E-state index in [1.54, 1.807) is 12.1 Å². The molecule has 0 aromatic heterocycles. The van der Waals surface area contributed by atoms with E-state index >= 15 is 0 Å². The first kappa shape index (κ1) is 18.7. The monoisotopic (exact) mass is 374 g/mol. The molecule has 10 heteroatoms. The number of carbonyl (C=O) groups is 1. The van der Waals surface area contributed by atoms with E-state index in [0.717, 1.165) is 29.8 Å². The molecule has 0 aliphatic rings. The van der Waals surface area contributed by atoms with Gasteiger partial charge in [-0.15, -0.1) is 18.0 Å². The standard InChI is InChI=1S/C15H13F3N2O4S/c1-10-2-4-11(5-3-10)14(21)19-20-25(22,23)13-8-6-12(7-9-13)24-15(16,17)18/h2-9,20H,1H3,(H,19,21). The van der Waals surface area contributed by atoms with Gasteiger partial charge in [-0.3, -0.25) is 10.2 Å². The van der Waals surface area contributed by atoms with Gasteiger partial charge in [0.1, 0.15) is 5.75 Å². The summed E-state index contributed by atoms with van der Waals surface area (Å²) in [5.41, 5.74) is 3.19. The summed E-state index contributed by atoms with van der Waals surface area (Å²) in [6.07, 6.45) is -4.87. The topological polar surface area (TPSA) is 84.5 Å². The quantitative estimate of drug-likeness (QED) is 0.788. The van der Waals surface area contributed by atoms with Gasteiger partial charge < -0.3 is 4.74 Å². The van der Waals surface area contributed by atoms with Crippen LogP contribution in [-0.4, -0.2) is 20.7 Å². The minimum Gasteiger partial charge on any atom is -0.406 e. The van der Waals surface area contributed by atoms with E-state index in [1.807, 2.05) is 17.2 Å². The van der Waals surface area contributed by atoms with Gasteiger partial charge >= 0.3 is 6.36 Å². The molecule has 6 nitrogen and oxygen atoms in total. The van der Waals surface area contributed by atoms with E-state index in [2.05, 4.69) is 4.74 Å². The summed E-state index contributed by atoms with van der Waals surface area (Å²) in [4.78, 5) is 13.4. The Labute approximate surface area is 141 Å². The van der Waals surface area contributed by atoms with E-state index in [9.17, 15) is 26.4 Å². The Hall–Kier alpha value is -2.59. The molecular weight excluding hydrogens is 361 g/mol. The van der Waals surface area contributed by atoms with Crippen molar-refractivity contribution in [2.75, 3.05) is 0 Å². The van der Waals surface area contributed by atoms with Crippen LogP contribution in [0, 0.1) is 6.92 Å². The molecule has 0 aliphatic heterocycles. The van der Waals surface area contributed by atoms with Gasteiger partial charge in [-0.2, -0.15) is 0 Å². The van der Waals surface area contributed by atoms with E-state index in [0.29, 0.717) is 0 Å². The molecule has 0 fully saturated rings. The van der Waals surface area contributed by atoms with Gasteiger partial charge in [0.15, 0.2) is 0 Å². The second kappa shape index (κ2) is 7.11. The van der Waals surface area contributed by atoms with Gasteiger partial charge in [-0.05, 0) is 43.3 Å². The zero-order chi connectivity index (χ0) is 18.7. The number of carbonyl (C=O) groups excluding carboxylic acids is 1. The highest BCUT2D eigenvalue weighted by molar-refractivity contribution is 7.89. The van der Waals surface area contributed by atoms with Crippen LogP contribution in [0.15, 0.2) is 53.4 Å². The van der Waals surface area contributed by atoms with E-state index in [-0.39, 0.29) is 10.5 Å². The Morgan fingerprint density at radius 1 is 1.00 bits per heavy atom. The van der Waals surface area contributed by atoms with Crippen molar-refractivity contribution in [1.29, 1.82) is 0 Å².